The standard InChI is InChI=1S/C15H21F2NO2/c1-4-18(5-2)14(10-15(19)20-6-3)12-8-7-11(16)9-13(12)17/h7-9,14H,4-6,10H2,1-3H3. The Bertz CT molecular complexity index is 447. The maximum absolute atomic E-state index is 14.0. The van der Waals surface area contributed by atoms with Gasteiger partial charge in [-0.15, -0.1) is 0 Å². The average Bonchev–Trinajstić information content (AvgIpc) is 2.39. The Morgan fingerprint density at radius 1 is 1.25 bits per heavy atom. The van der Waals surface area contributed by atoms with Crippen LogP contribution in [0.2, 0.25) is 0 Å². The van der Waals surface area contributed by atoms with E-state index in [0.29, 0.717) is 18.7 Å². The molecule has 0 fully saturated rings. The zero-order valence-electron chi connectivity index (χ0n) is 12.2. The number of ether oxygens (including phenoxy) is 1. The van der Waals surface area contributed by atoms with E-state index in [4.69, 9.17) is 4.74 Å². The van der Waals surface area contributed by atoms with Crippen molar-refractivity contribution in [1.82, 2.24) is 4.90 Å². The Balaban J connectivity index is 3.05. The molecule has 0 aromatic heterocycles. The number of carbonyl (C=O) groups excluding carboxylic acids is 1. The fraction of sp³-hybridized carbons (Fsp3) is 0.533. The lowest BCUT2D eigenvalue weighted by Gasteiger charge is -2.29. The van der Waals surface area contributed by atoms with Crippen LogP contribution in [0.4, 0.5) is 8.78 Å². The molecule has 0 aliphatic carbocycles. The molecule has 0 aliphatic heterocycles. The van der Waals surface area contributed by atoms with Crippen molar-refractivity contribution in [3.63, 3.8) is 0 Å². The number of halogens is 2. The fourth-order valence-corrected chi connectivity index (χ4v) is 2.25. The maximum Gasteiger partial charge on any atom is 0.307 e. The van der Waals surface area contributed by atoms with Crippen molar-refractivity contribution in [2.24, 2.45) is 0 Å². The molecule has 5 heteroatoms. The summed E-state index contributed by atoms with van der Waals surface area (Å²) in [4.78, 5) is 13.6. The molecular formula is C15H21F2NO2. The summed E-state index contributed by atoms with van der Waals surface area (Å²) < 4.78 is 31.9. The van der Waals surface area contributed by atoms with Crippen molar-refractivity contribution in [2.75, 3.05) is 19.7 Å². The van der Waals surface area contributed by atoms with Gasteiger partial charge in [-0.1, -0.05) is 19.9 Å². The van der Waals surface area contributed by atoms with Gasteiger partial charge in [-0.3, -0.25) is 9.69 Å². The quantitative estimate of drug-likeness (QED) is 0.720. The first-order valence-electron chi connectivity index (χ1n) is 6.88. The highest BCUT2D eigenvalue weighted by Gasteiger charge is 2.24. The fourth-order valence-electron chi connectivity index (χ4n) is 2.25. The molecule has 0 heterocycles. The van der Waals surface area contributed by atoms with Crippen LogP contribution in [0.15, 0.2) is 18.2 Å². The average molecular weight is 285 g/mol. The number of benzene rings is 1. The molecule has 1 atom stereocenters. The molecule has 0 radical (unpaired) electrons. The van der Waals surface area contributed by atoms with Gasteiger partial charge in [0.2, 0.25) is 0 Å². The SMILES string of the molecule is CCOC(=O)CC(c1ccc(F)cc1F)N(CC)CC. The first kappa shape index (κ1) is 16.6. The van der Waals surface area contributed by atoms with Crippen LogP contribution in [0.5, 0.6) is 0 Å². The highest BCUT2D eigenvalue weighted by molar-refractivity contribution is 5.70. The van der Waals surface area contributed by atoms with Gasteiger partial charge >= 0.3 is 5.97 Å². The zero-order valence-corrected chi connectivity index (χ0v) is 12.2. The lowest BCUT2D eigenvalue weighted by Crippen LogP contribution is -2.31. The van der Waals surface area contributed by atoms with E-state index >= 15 is 0 Å². The molecule has 0 spiro atoms. The second-order valence-electron chi connectivity index (χ2n) is 4.41. The third-order valence-corrected chi connectivity index (χ3v) is 3.24. The second-order valence-corrected chi connectivity index (χ2v) is 4.41. The highest BCUT2D eigenvalue weighted by atomic mass is 19.1. The summed E-state index contributed by atoms with van der Waals surface area (Å²) in [6.45, 7) is 7.21. The van der Waals surface area contributed by atoms with Gasteiger partial charge < -0.3 is 4.74 Å². The van der Waals surface area contributed by atoms with Gasteiger partial charge in [0.05, 0.1) is 13.0 Å². The third kappa shape index (κ3) is 4.27. The summed E-state index contributed by atoms with van der Waals surface area (Å²) in [6.07, 6.45) is 0.0536. The molecule has 0 aliphatic rings. The predicted molar refractivity (Wildman–Crippen MR) is 73.3 cm³/mol. The molecule has 3 nitrogen and oxygen atoms in total. The van der Waals surface area contributed by atoms with Crippen LogP contribution in [-0.2, 0) is 9.53 Å². The molecular weight excluding hydrogens is 264 g/mol. The molecule has 1 rings (SSSR count). The normalized spacial score (nSPS) is 12.5. The Kier molecular flexibility index (Phi) is 6.58. The third-order valence-electron chi connectivity index (χ3n) is 3.24. The molecule has 0 bridgehead atoms. The second kappa shape index (κ2) is 7.94. The van der Waals surface area contributed by atoms with E-state index < -0.39 is 17.7 Å². The zero-order chi connectivity index (χ0) is 15.1. The lowest BCUT2D eigenvalue weighted by molar-refractivity contribution is -0.144. The Hall–Kier alpha value is -1.49. The highest BCUT2D eigenvalue weighted by Crippen LogP contribution is 2.27. The largest absolute Gasteiger partial charge is 0.466 e. The molecule has 0 saturated carbocycles. The van der Waals surface area contributed by atoms with Crippen molar-refractivity contribution in [2.45, 2.75) is 33.2 Å². The first-order valence-corrected chi connectivity index (χ1v) is 6.88. The number of esters is 1. The number of rotatable bonds is 7. The maximum atomic E-state index is 14.0. The van der Waals surface area contributed by atoms with E-state index in [1.807, 2.05) is 18.7 Å². The minimum Gasteiger partial charge on any atom is -0.466 e. The lowest BCUT2D eigenvalue weighted by atomic mass is 10.0. The van der Waals surface area contributed by atoms with E-state index in [-0.39, 0.29) is 19.0 Å². The first-order chi connectivity index (χ1) is 9.53. The number of hydrogen-bond acceptors (Lipinski definition) is 3. The van der Waals surface area contributed by atoms with Gasteiger partial charge in [0.25, 0.3) is 0 Å². The van der Waals surface area contributed by atoms with Crippen molar-refractivity contribution in [3.05, 3.63) is 35.4 Å². The smallest absolute Gasteiger partial charge is 0.307 e. The summed E-state index contributed by atoms with van der Waals surface area (Å²) in [5, 5.41) is 0. The van der Waals surface area contributed by atoms with Crippen molar-refractivity contribution in [3.8, 4) is 0 Å². The van der Waals surface area contributed by atoms with Crippen LogP contribution in [-0.4, -0.2) is 30.6 Å². The van der Waals surface area contributed by atoms with Crippen molar-refractivity contribution in [1.29, 1.82) is 0 Å². The van der Waals surface area contributed by atoms with Crippen LogP contribution in [0, 0.1) is 11.6 Å². The van der Waals surface area contributed by atoms with Crippen molar-refractivity contribution >= 4 is 5.97 Å². The molecule has 1 aromatic carbocycles. The summed E-state index contributed by atoms with van der Waals surface area (Å²) >= 11 is 0. The van der Waals surface area contributed by atoms with Gasteiger partial charge in [-0.25, -0.2) is 8.78 Å². The van der Waals surface area contributed by atoms with Crippen molar-refractivity contribution < 1.29 is 18.3 Å². The van der Waals surface area contributed by atoms with E-state index in [0.717, 1.165) is 6.07 Å². The van der Waals surface area contributed by atoms with Gasteiger partial charge in [-0.05, 0) is 26.1 Å². The van der Waals surface area contributed by atoms with Gasteiger partial charge in [-0.2, -0.15) is 0 Å². The van der Waals surface area contributed by atoms with E-state index in [1.165, 1.54) is 12.1 Å². The molecule has 0 N–H and O–H groups in total. The Labute approximate surface area is 118 Å². The van der Waals surface area contributed by atoms with Crippen LogP contribution < -0.4 is 0 Å². The van der Waals surface area contributed by atoms with Gasteiger partial charge in [0.1, 0.15) is 11.6 Å². The van der Waals surface area contributed by atoms with Crippen LogP contribution in [0.25, 0.3) is 0 Å². The molecule has 0 amide bonds. The van der Waals surface area contributed by atoms with Crippen LogP contribution in [0.1, 0.15) is 38.8 Å². The Morgan fingerprint density at radius 3 is 2.40 bits per heavy atom. The minimum atomic E-state index is -0.633. The summed E-state index contributed by atoms with van der Waals surface area (Å²) in [5.74, 6) is -1.64. The monoisotopic (exact) mass is 285 g/mol. The number of hydrogen-bond donors (Lipinski definition) is 0. The van der Waals surface area contributed by atoms with E-state index in [2.05, 4.69) is 0 Å². The van der Waals surface area contributed by atoms with Crippen LogP contribution in [0.3, 0.4) is 0 Å². The predicted octanol–water partition coefficient (Wildman–Crippen LogP) is 3.30. The Morgan fingerprint density at radius 2 is 1.90 bits per heavy atom. The summed E-state index contributed by atoms with van der Waals surface area (Å²) in [7, 11) is 0. The molecule has 1 unspecified atom stereocenters. The molecule has 0 saturated heterocycles. The summed E-state index contributed by atoms with van der Waals surface area (Å²) in [6, 6.07) is 3.01. The van der Waals surface area contributed by atoms with Gasteiger partial charge in [0.15, 0.2) is 0 Å². The van der Waals surface area contributed by atoms with E-state index in [1.54, 1.807) is 6.92 Å². The number of carbonyl (C=O) groups is 1. The summed E-state index contributed by atoms with van der Waals surface area (Å²) in [5.41, 5.74) is 0.322. The molecule has 1 aromatic rings. The molecule has 112 valence electrons. The number of nitrogens with zero attached hydrogens (tertiary/aromatic N) is 1. The topological polar surface area (TPSA) is 29.5 Å². The van der Waals surface area contributed by atoms with Gasteiger partial charge in [0, 0.05) is 17.7 Å². The minimum absolute atomic E-state index is 0.0536. The van der Waals surface area contributed by atoms with E-state index in [9.17, 15) is 13.6 Å². The van der Waals surface area contributed by atoms with Crippen LogP contribution >= 0.6 is 0 Å². The molecule has 20 heavy (non-hydrogen) atoms.